The van der Waals surface area contributed by atoms with Crippen LogP contribution >= 0.6 is 0 Å². The Balaban J connectivity index is 1.22. The number of nitrogens with two attached hydrogens (primary N) is 1. The predicted octanol–water partition coefficient (Wildman–Crippen LogP) is 2.81. The Hall–Kier alpha value is -1.98. The average molecular weight is 351 g/mol. The largest absolute Gasteiger partial charge is 0.368 e. The van der Waals surface area contributed by atoms with Crippen molar-refractivity contribution in [2.75, 3.05) is 25.4 Å². The van der Waals surface area contributed by atoms with Crippen molar-refractivity contribution >= 4 is 5.95 Å². The molecule has 4 rings (SSSR count). The van der Waals surface area contributed by atoms with Crippen LogP contribution in [0.1, 0.15) is 43.2 Å². The number of nitrogens with one attached hydrogen (secondary N) is 1. The molecule has 1 saturated carbocycles. The monoisotopic (exact) mass is 351 g/mol. The van der Waals surface area contributed by atoms with E-state index < -0.39 is 0 Å². The lowest BCUT2D eigenvalue weighted by molar-refractivity contribution is 0.111. The van der Waals surface area contributed by atoms with Crippen molar-refractivity contribution in [2.45, 2.75) is 44.7 Å². The van der Waals surface area contributed by atoms with Gasteiger partial charge in [-0.3, -0.25) is 4.90 Å². The van der Waals surface area contributed by atoms with E-state index in [0.717, 1.165) is 31.7 Å². The number of piperidine rings is 1. The molecular weight excluding hydrogens is 322 g/mol. The normalized spacial score (nSPS) is 25.1. The zero-order valence-corrected chi connectivity index (χ0v) is 15.6. The maximum atomic E-state index is 5.56. The third-order valence-corrected chi connectivity index (χ3v) is 6.00. The van der Waals surface area contributed by atoms with Gasteiger partial charge in [-0.15, -0.1) is 0 Å². The molecule has 1 aliphatic heterocycles. The van der Waals surface area contributed by atoms with Gasteiger partial charge in [-0.2, -0.15) is 0 Å². The fraction of sp³-hybridized carbons (Fsp3) is 0.524. The van der Waals surface area contributed by atoms with E-state index in [2.05, 4.69) is 57.4 Å². The lowest BCUT2D eigenvalue weighted by Gasteiger charge is -2.39. The molecule has 3 N–H and O–H groups in total. The van der Waals surface area contributed by atoms with Gasteiger partial charge in [0.2, 0.25) is 5.95 Å². The molecule has 1 aromatic carbocycles. The summed E-state index contributed by atoms with van der Waals surface area (Å²) in [6.07, 6.45) is 7.43. The van der Waals surface area contributed by atoms with E-state index in [1.807, 2.05) is 12.4 Å². The molecular formula is C21H29N5. The third-order valence-electron chi connectivity index (χ3n) is 6.00. The first-order valence-corrected chi connectivity index (χ1v) is 9.68. The molecule has 2 fully saturated rings. The van der Waals surface area contributed by atoms with Gasteiger partial charge in [0.15, 0.2) is 0 Å². The van der Waals surface area contributed by atoms with Crippen LogP contribution in [-0.4, -0.2) is 40.5 Å². The Kier molecular flexibility index (Phi) is 4.92. The predicted molar refractivity (Wildman–Crippen MR) is 105 cm³/mol. The van der Waals surface area contributed by atoms with Crippen LogP contribution in [0.4, 0.5) is 5.95 Å². The molecule has 1 saturated heterocycles. The van der Waals surface area contributed by atoms with E-state index in [9.17, 15) is 0 Å². The lowest BCUT2D eigenvalue weighted by atomic mass is 9.80. The quantitative estimate of drug-likeness (QED) is 0.838. The molecule has 2 heterocycles. The number of likely N-dealkylation sites (tertiary alicyclic amines) is 1. The number of aromatic nitrogens is 2. The summed E-state index contributed by atoms with van der Waals surface area (Å²) < 4.78 is 0. The van der Waals surface area contributed by atoms with Crippen LogP contribution in [0.25, 0.3) is 0 Å². The smallest absolute Gasteiger partial charge is 0.219 e. The molecule has 0 radical (unpaired) electrons. The van der Waals surface area contributed by atoms with Gasteiger partial charge in [-0.05, 0) is 43.3 Å². The average Bonchev–Trinajstić information content (AvgIpc) is 3.45. The minimum atomic E-state index is 0.347. The number of rotatable bonds is 6. The first kappa shape index (κ1) is 17.4. The molecule has 138 valence electrons. The molecule has 2 aromatic rings. The lowest BCUT2D eigenvalue weighted by Crippen LogP contribution is -2.43. The number of hydrogen-bond acceptors (Lipinski definition) is 5. The van der Waals surface area contributed by atoms with E-state index >= 15 is 0 Å². The molecule has 5 heteroatoms. The highest BCUT2D eigenvalue weighted by molar-refractivity contribution is 5.27. The summed E-state index contributed by atoms with van der Waals surface area (Å²) in [5.74, 6) is 1.06. The van der Waals surface area contributed by atoms with Crippen molar-refractivity contribution in [3.05, 3.63) is 53.9 Å². The number of hydrogen-bond donors (Lipinski definition) is 2. The maximum Gasteiger partial charge on any atom is 0.219 e. The summed E-state index contributed by atoms with van der Waals surface area (Å²) in [4.78, 5) is 10.7. The summed E-state index contributed by atoms with van der Waals surface area (Å²) in [5, 5.41) is 3.83. The van der Waals surface area contributed by atoms with Gasteiger partial charge < -0.3 is 11.1 Å². The molecule has 2 aliphatic rings. The van der Waals surface area contributed by atoms with E-state index in [1.165, 1.54) is 24.8 Å². The molecule has 2 atom stereocenters. The van der Waals surface area contributed by atoms with Gasteiger partial charge in [0, 0.05) is 43.0 Å². The molecule has 2 unspecified atom stereocenters. The second-order valence-corrected chi connectivity index (χ2v) is 8.28. The van der Waals surface area contributed by atoms with Crippen molar-refractivity contribution in [3.63, 3.8) is 0 Å². The van der Waals surface area contributed by atoms with E-state index in [1.54, 1.807) is 0 Å². The van der Waals surface area contributed by atoms with Crippen molar-refractivity contribution in [1.82, 2.24) is 20.2 Å². The Labute approximate surface area is 156 Å². The summed E-state index contributed by atoms with van der Waals surface area (Å²) >= 11 is 0. The summed E-state index contributed by atoms with van der Waals surface area (Å²) in [7, 11) is 0. The molecule has 1 aromatic heterocycles. The first-order valence-electron chi connectivity index (χ1n) is 9.68. The van der Waals surface area contributed by atoms with Crippen molar-refractivity contribution in [3.8, 4) is 0 Å². The third kappa shape index (κ3) is 4.22. The van der Waals surface area contributed by atoms with Gasteiger partial charge in [0.1, 0.15) is 0 Å². The second kappa shape index (κ2) is 7.33. The Morgan fingerprint density at radius 2 is 1.85 bits per heavy atom. The standard InChI is InChI=1S/C21H29N5/c1-21(15-25-19-11-18(19)17-5-3-2-4-6-17)7-9-26(10-8-21)14-16-12-23-20(22)24-13-16/h2-6,12-13,18-19,25H,7-11,14-15H2,1H3,(H2,22,23,24). The first-order chi connectivity index (χ1) is 12.6. The summed E-state index contributed by atoms with van der Waals surface area (Å²) in [6, 6.07) is 11.6. The zero-order chi connectivity index (χ0) is 18.0. The van der Waals surface area contributed by atoms with E-state index in [4.69, 9.17) is 5.73 Å². The minimum Gasteiger partial charge on any atom is -0.368 e. The minimum absolute atomic E-state index is 0.347. The Morgan fingerprint density at radius 3 is 2.54 bits per heavy atom. The molecule has 0 amide bonds. The number of nitrogen functional groups attached to an aromatic ring is 1. The van der Waals surface area contributed by atoms with Gasteiger partial charge in [0.05, 0.1) is 0 Å². The van der Waals surface area contributed by atoms with Crippen LogP contribution in [0.3, 0.4) is 0 Å². The van der Waals surface area contributed by atoms with Crippen LogP contribution in [0, 0.1) is 5.41 Å². The van der Waals surface area contributed by atoms with Crippen LogP contribution in [0.2, 0.25) is 0 Å². The van der Waals surface area contributed by atoms with Gasteiger partial charge in [-0.1, -0.05) is 37.3 Å². The van der Waals surface area contributed by atoms with Gasteiger partial charge in [0.25, 0.3) is 0 Å². The SMILES string of the molecule is CC1(CNC2CC2c2ccccc2)CCN(Cc2cnc(N)nc2)CC1. The van der Waals surface area contributed by atoms with Crippen molar-refractivity contribution in [1.29, 1.82) is 0 Å². The van der Waals surface area contributed by atoms with Gasteiger partial charge >= 0.3 is 0 Å². The van der Waals surface area contributed by atoms with Gasteiger partial charge in [-0.25, -0.2) is 9.97 Å². The van der Waals surface area contributed by atoms with E-state index in [0.29, 0.717) is 23.3 Å². The topological polar surface area (TPSA) is 67.1 Å². The molecule has 1 aliphatic carbocycles. The number of anilines is 1. The van der Waals surface area contributed by atoms with E-state index in [-0.39, 0.29) is 0 Å². The zero-order valence-electron chi connectivity index (χ0n) is 15.6. The summed E-state index contributed by atoms with van der Waals surface area (Å²) in [5.41, 5.74) is 8.59. The number of nitrogens with zero attached hydrogens (tertiary/aromatic N) is 3. The van der Waals surface area contributed by atoms with Crippen LogP contribution in [0.15, 0.2) is 42.7 Å². The van der Waals surface area contributed by atoms with Crippen molar-refractivity contribution in [2.24, 2.45) is 5.41 Å². The second-order valence-electron chi connectivity index (χ2n) is 8.28. The fourth-order valence-electron chi connectivity index (χ4n) is 4.00. The highest BCUT2D eigenvalue weighted by Crippen LogP contribution is 2.41. The van der Waals surface area contributed by atoms with Crippen LogP contribution in [0.5, 0.6) is 0 Å². The fourth-order valence-corrected chi connectivity index (χ4v) is 4.00. The number of benzene rings is 1. The summed E-state index contributed by atoms with van der Waals surface area (Å²) in [6.45, 7) is 6.75. The molecule has 5 nitrogen and oxygen atoms in total. The molecule has 0 bridgehead atoms. The highest BCUT2D eigenvalue weighted by atomic mass is 15.1. The molecule has 0 spiro atoms. The molecule has 26 heavy (non-hydrogen) atoms. The van der Waals surface area contributed by atoms with Crippen molar-refractivity contribution < 1.29 is 0 Å². The van der Waals surface area contributed by atoms with Crippen LogP contribution in [-0.2, 0) is 6.54 Å². The van der Waals surface area contributed by atoms with Crippen LogP contribution < -0.4 is 11.1 Å². The maximum absolute atomic E-state index is 5.56. The Morgan fingerprint density at radius 1 is 1.15 bits per heavy atom. The highest BCUT2D eigenvalue weighted by Gasteiger charge is 2.39. The Bertz CT molecular complexity index is 707.